The summed E-state index contributed by atoms with van der Waals surface area (Å²) in [6.07, 6.45) is 0. The highest BCUT2D eigenvalue weighted by Gasteiger charge is 2.09. The second kappa shape index (κ2) is 5.40. The van der Waals surface area contributed by atoms with Crippen LogP contribution in [0.1, 0.15) is 15.9 Å². The highest BCUT2D eigenvalue weighted by Crippen LogP contribution is 2.22. The number of hydrogen-bond acceptors (Lipinski definition) is 2. The fourth-order valence-corrected chi connectivity index (χ4v) is 1.91. The molecule has 0 heterocycles. The van der Waals surface area contributed by atoms with Crippen molar-refractivity contribution in [1.29, 1.82) is 0 Å². The maximum absolute atomic E-state index is 13.1. The Hall–Kier alpha value is -1.88. The van der Waals surface area contributed by atoms with Crippen molar-refractivity contribution >= 4 is 27.5 Å². The SMILES string of the molecule is Cc1ccc(C(=O)Nc2ccc(F)c(Br)c2)cc1O. The smallest absolute Gasteiger partial charge is 0.255 e. The largest absolute Gasteiger partial charge is 0.508 e. The van der Waals surface area contributed by atoms with E-state index in [1.54, 1.807) is 19.1 Å². The zero-order valence-corrected chi connectivity index (χ0v) is 11.7. The number of anilines is 1. The summed E-state index contributed by atoms with van der Waals surface area (Å²) in [5.41, 5.74) is 1.50. The third-order valence-electron chi connectivity index (χ3n) is 2.65. The van der Waals surface area contributed by atoms with Crippen LogP contribution in [-0.4, -0.2) is 11.0 Å². The molecule has 0 unspecified atom stereocenters. The molecule has 19 heavy (non-hydrogen) atoms. The van der Waals surface area contributed by atoms with E-state index in [1.165, 1.54) is 24.3 Å². The second-order valence-electron chi connectivity index (χ2n) is 4.08. The first-order chi connectivity index (χ1) is 8.97. The van der Waals surface area contributed by atoms with Crippen LogP contribution in [-0.2, 0) is 0 Å². The number of hydrogen-bond donors (Lipinski definition) is 2. The normalized spacial score (nSPS) is 10.3. The lowest BCUT2D eigenvalue weighted by Crippen LogP contribution is -2.11. The number of nitrogens with one attached hydrogen (secondary N) is 1. The third-order valence-corrected chi connectivity index (χ3v) is 3.26. The fourth-order valence-electron chi connectivity index (χ4n) is 1.53. The molecule has 0 aromatic heterocycles. The summed E-state index contributed by atoms with van der Waals surface area (Å²) in [5, 5.41) is 12.2. The van der Waals surface area contributed by atoms with E-state index in [0.29, 0.717) is 16.8 Å². The Labute approximate surface area is 118 Å². The molecule has 0 aliphatic rings. The molecule has 0 aliphatic heterocycles. The van der Waals surface area contributed by atoms with Gasteiger partial charge in [-0.1, -0.05) is 6.07 Å². The van der Waals surface area contributed by atoms with Crippen molar-refractivity contribution in [3.63, 3.8) is 0 Å². The molecular formula is C14H11BrFNO2. The molecule has 0 spiro atoms. The van der Waals surface area contributed by atoms with Crippen LogP contribution in [0.3, 0.4) is 0 Å². The molecule has 2 N–H and O–H groups in total. The van der Waals surface area contributed by atoms with Crippen molar-refractivity contribution in [2.24, 2.45) is 0 Å². The summed E-state index contributed by atoms with van der Waals surface area (Å²) in [4.78, 5) is 11.9. The van der Waals surface area contributed by atoms with Gasteiger partial charge in [-0.25, -0.2) is 4.39 Å². The van der Waals surface area contributed by atoms with Crippen LogP contribution in [0, 0.1) is 12.7 Å². The Morgan fingerprint density at radius 1 is 1.26 bits per heavy atom. The summed E-state index contributed by atoms with van der Waals surface area (Å²) >= 11 is 3.05. The van der Waals surface area contributed by atoms with Crippen LogP contribution < -0.4 is 5.32 Å². The highest BCUT2D eigenvalue weighted by molar-refractivity contribution is 9.10. The number of aryl methyl sites for hydroxylation is 1. The average Bonchev–Trinajstić information content (AvgIpc) is 2.37. The average molecular weight is 324 g/mol. The van der Waals surface area contributed by atoms with E-state index < -0.39 is 5.82 Å². The van der Waals surface area contributed by atoms with Crippen LogP contribution in [0.4, 0.5) is 10.1 Å². The van der Waals surface area contributed by atoms with E-state index in [1.807, 2.05) is 0 Å². The summed E-state index contributed by atoms with van der Waals surface area (Å²) < 4.78 is 13.3. The molecule has 0 atom stereocenters. The lowest BCUT2D eigenvalue weighted by molar-refractivity contribution is 0.102. The van der Waals surface area contributed by atoms with Crippen molar-refractivity contribution in [3.05, 3.63) is 57.8 Å². The number of rotatable bonds is 2. The van der Waals surface area contributed by atoms with Crippen LogP contribution in [0.2, 0.25) is 0 Å². The molecule has 1 amide bonds. The van der Waals surface area contributed by atoms with Gasteiger partial charge in [-0.05, 0) is 58.7 Å². The maximum atomic E-state index is 13.1. The topological polar surface area (TPSA) is 49.3 Å². The number of phenols is 1. The molecular weight excluding hydrogens is 313 g/mol. The van der Waals surface area contributed by atoms with E-state index in [9.17, 15) is 14.3 Å². The predicted molar refractivity (Wildman–Crippen MR) is 74.9 cm³/mol. The van der Waals surface area contributed by atoms with Gasteiger partial charge < -0.3 is 10.4 Å². The van der Waals surface area contributed by atoms with Gasteiger partial charge in [0, 0.05) is 11.3 Å². The molecule has 3 nitrogen and oxygen atoms in total. The minimum absolute atomic E-state index is 0.0629. The van der Waals surface area contributed by atoms with Gasteiger partial charge in [-0.3, -0.25) is 4.79 Å². The molecule has 2 aromatic carbocycles. The highest BCUT2D eigenvalue weighted by atomic mass is 79.9. The van der Waals surface area contributed by atoms with Gasteiger partial charge in [0.2, 0.25) is 0 Å². The molecule has 0 saturated heterocycles. The van der Waals surface area contributed by atoms with E-state index in [4.69, 9.17) is 0 Å². The summed E-state index contributed by atoms with van der Waals surface area (Å²) in [6.45, 7) is 1.74. The zero-order valence-electron chi connectivity index (χ0n) is 10.1. The Balaban J connectivity index is 2.20. The van der Waals surface area contributed by atoms with E-state index >= 15 is 0 Å². The minimum Gasteiger partial charge on any atom is -0.508 e. The molecule has 98 valence electrons. The monoisotopic (exact) mass is 323 g/mol. The van der Waals surface area contributed by atoms with Crippen LogP contribution in [0.5, 0.6) is 5.75 Å². The molecule has 5 heteroatoms. The van der Waals surface area contributed by atoms with E-state index in [0.717, 1.165) is 0 Å². The van der Waals surface area contributed by atoms with Crippen molar-refractivity contribution in [2.45, 2.75) is 6.92 Å². The molecule has 0 aliphatic carbocycles. The summed E-state index contributed by atoms with van der Waals surface area (Å²) in [6, 6.07) is 8.86. The lowest BCUT2D eigenvalue weighted by Gasteiger charge is -2.07. The van der Waals surface area contributed by atoms with Crippen LogP contribution >= 0.6 is 15.9 Å². The number of benzene rings is 2. The van der Waals surface area contributed by atoms with Gasteiger partial charge in [0.15, 0.2) is 0 Å². The second-order valence-corrected chi connectivity index (χ2v) is 4.94. The Bertz CT molecular complexity index is 643. The first-order valence-electron chi connectivity index (χ1n) is 5.53. The van der Waals surface area contributed by atoms with Gasteiger partial charge in [0.25, 0.3) is 5.91 Å². The Kier molecular flexibility index (Phi) is 3.85. The molecule has 0 saturated carbocycles. The molecule has 2 aromatic rings. The Morgan fingerprint density at radius 3 is 2.63 bits per heavy atom. The van der Waals surface area contributed by atoms with E-state index in [2.05, 4.69) is 21.2 Å². The number of amides is 1. The maximum Gasteiger partial charge on any atom is 0.255 e. The van der Waals surface area contributed by atoms with Gasteiger partial charge in [-0.15, -0.1) is 0 Å². The molecule has 0 radical (unpaired) electrons. The lowest BCUT2D eigenvalue weighted by atomic mass is 10.1. The van der Waals surface area contributed by atoms with Gasteiger partial charge in [0.1, 0.15) is 11.6 Å². The third kappa shape index (κ3) is 3.12. The van der Waals surface area contributed by atoms with Gasteiger partial charge >= 0.3 is 0 Å². The molecule has 2 rings (SSSR count). The quantitative estimate of drug-likeness (QED) is 0.881. The number of phenolic OH excluding ortho intramolecular Hbond substituents is 1. The van der Waals surface area contributed by atoms with Crippen molar-refractivity contribution in [2.75, 3.05) is 5.32 Å². The predicted octanol–water partition coefficient (Wildman–Crippen LogP) is 3.85. The van der Waals surface area contributed by atoms with Crippen LogP contribution in [0.25, 0.3) is 0 Å². The molecule has 0 bridgehead atoms. The first-order valence-corrected chi connectivity index (χ1v) is 6.32. The Morgan fingerprint density at radius 2 is 2.00 bits per heavy atom. The standard InChI is InChI=1S/C14H11BrFNO2/c1-8-2-3-9(6-13(8)18)14(19)17-10-4-5-12(16)11(15)7-10/h2-7,18H,1H3,(H,17,19). The number of aromatic hydroxyl groups is 1. The summed E-state index contributed by atoms with van der Waals surface area (Å²) in [5.74, 6) is -0.701. The zero-order chi connectivity index (χ0) is 14.0. The van der Waals surface area contributed by atoms with Gasteiger partial charge in [-0.2, -0.15) is 0 Å². The van der Waals surface area contributed by atoms with Crippen molar-refractivity contribution in [3.8, 4) is 5.75 Å². The van der Waals surface area contributed by atoms with Crippen LogP contribution in [0.15, 0.2) is 40.9 Å². The van der Waals surface area contributed by atoms with Gasteiger partial charge in [0.05, 0.1) is 4.47 Å². The van der Waals surface area contributed by atoms with Crippen molar-refractivity contribution < 1.29 is 14.3 Å². The molecule has 0 fully saturated rings. The minimum atomic E-state index is -0.397. The first kappa shape index (κ1) is 13.5. The summed E-state index contributed by atoms with van der Waals surface area (Å²) in [7, 11) is 0. The van der Waals surface area contributed by atoms with E-state index in [-0.39, 0.29) is 16.1 Å². The fraction of sp³-hybridized carbons (Fsp3) is 0.0714. The van der Waals surface area contributed by atoms with Crippen molar-refractivity contribution in [1.82, 2.24) is 0 Å². The number of halogens is 2. The number of carbonyl (C=O) groups is 1. The number of carbonyl (C=O) groups excluding carboxylic acids is 1.